The van der Waals surface area contributed by atoms with Gasteiger partial charge in [-0.25, -0.2) is 0 Å². The summed E-state index contributed by atoms with van der Waals surface area (Å²) in [6.07, 6.45) is 8.15. The number of amides is 1. The Morgan fingerprint density at radius 1 is 1.40 bits per heavy atom. The summed E-state index contributed by atoms with van der Waals surface area (Å²) in [6, 6.07) is 3.37. The zero-order valence-corrected chi connectivity index (χ0v) is 11.5. The largest absolute Gasteiger partial charge is 0.469 e. The smallest absolute Gasteiger partial charge is 0.310 e. The van der Waals surface area contributed by atoms with Crippen molar-refractivity contribution in [2.75, 3.05) is 7.11 Å². The number of hydrogen-bond donors (Lipinski definition) is 1. The van der Waals surface area contributed by atoms with Crippen molar-refractivity contribution in [3.63, 3.8) is 0 Å². The van der Waals surface area contributed by atoms with E-state index in [1.54, 1.807) is 24.5 Å². The summed E-state index contributed by atoms with van der Waals surface area (Å²) >= 11 is 0. The van der Waals surface area contributed by atoms with E-state index in [4.69, 9.17) is 9.15 Å². The highest BCUT2D eigenvalue weighted by molar-refractivity contribution is 5.92. The van der Waals surface area contributed by atoms with Crippen molar-refractivity contribution < 1.29 is 18.7 Å². The number of methoxy groups -OCH3 is 1. The normalized spacial score (nSPS) is 22.6. The quantitative estimate of drug-likeness (QED) is 0.676. The monoisotopic (exact) mass is 277 g/mol. The van der Waals surface area contributed by atoms with E-state index < -0.39 is 0 Å². The standard InChI is InChI=1S/C15H19NO4/c1-19-15(18)12-6-2-3-7-13(12)16-14(17)9-8-11-5-4-10-20-11/h4-5,8-10,12-13H,2-3,6-7H2,1H3,(H,16,17)/b9-8+/t12-,13+/m1/s1. The number of carbonyl (C=O) groups is 2. The van der Waals surface area contributed by atoms with E-state index in [0.29, 0.717) is 5.76 Å². The van der Waals surface area contributed by atoms with Gasteiger partial charge >= 0.3 is 5.97 Å². The van der Waals surface area contributed by atoms with E-state index in [2.05, 4.69) is 5.32 Å². The van der Waals surface area contributed by atoms with Gasteiger partial charge in [0.25, 0.3) is 0 Å². The van der Waals surface area contributed by atoms with Crippen LogP contribution in [0, 0.1) is 5.92 Å². The van der Waals surface area contributed by atoms with Gasteiger partial charge in [0.2, 0.25) is 5.91 Å². The Morgan fingerprint density at radius 2 is 2.20 bits per heavy atom. The number of hydrogen-bond acceptors (Lipinski definition) is 4. The summed E-state index contributed by atoms with van der Waals surface area (Å²) in [5.41, 5.74) is 0. The van der Waals surface area contributed by atoms with Crippen molar-refractivity contribution in [3.05, 3.63) is 30.2 Å². The fourth-order valence-corrected chi connectivity index (χ4v) is 2.51. The molecule has 1 amide bonds. The van der Waals surface area contributed by atoms with Gasteiger partial charge in [0.05, 0.1) is 19.3 Å². The van der Waals surface area contributed by atoms with Gasteiger partial charge in [-0.3, -0.25) is 9.59 Å². The van der Waals surface area contributed by atoms with Crippen molar-refractivity contribution >= 4 is 18.0 Å². The Balaban J connectivity index is 1.93. The van der Waals surface area contributed by atoms with Crippen LogP contribution >= 0.6 is 0 Å². The molecule has 1 fully saturated rings. The molecule has 1 aliphatic rings. The minimum Gasteiger partial charge on any atom is -0.469 e. The van der Waals surface area contributed by atoms with E-state index in [9.17, 15) is 9.59 Å². The number of nitrogens with one attached hydrogen (secondary N) is 1. The Bertz CT molecular complexity index is 478. The predicted octanol–water partition coefficient (Wildman–Crippen LogP) is 2.14. The van der Waals surface area contributed by atoms with Gasteiger partial charge in [-0.1, -0.05) is 12.8 Å². The maximum atomic E-state index is 11.9. The van der Waals surface area contributed by atoms with Crippen LogP contribution in [0.25, 0.3) is 6.08 Å². The van der Waals surface area contributed by atoms with Gasteiger partial charge in [0.1, 0.15) is 5.76 Å². The Hall–Kier alpha value is -2.04. The van der Waals surface area contributed by atoms with Crippen LogP contribution < -0.4 is 5.32 Å². The van der Waals surface area contributed by atoms with E-state index >= 15 is 0 Å². The average Bonchev–Trinajstić information content (AvgIpc) is 2.98. The summed E-state index contributed by atoms with van der Waals surface area (Å²) in [5.74, 6) is -0.0877. The molecule has 1 aromatic heterocycles. The molecule has 0 radical (unpaired) electrons. The number of furan rings is 1. The first-order chi connectivity index (χ1) is 9.70. The fraction of sp³-hybridized carbons (Fsp3) is 0.467. The zero-order valence-electron chi connectivity index (χ0n) is 11.5. The minimum absolute atomic E-state index is 0.148. The van der Waals surface area contributed by atoms with Crippen LogP contribution in [0.4, 0.5) is 0 Å². The maximum absolute atomic E-state index is 11.9. The fourth-order valence-electron chi connectivity index (χ4n) is 2.51. The molecule has 2 rings (SSSR count). The summed E-state index contributed by atoms with van der Waals surface area (Å²) in [7, 11) is 1.38. The first-order valence-electron chi connectivity index (χ1n) is 6.80. The molecule has 1 heterocycles. The lowest BCUT2D eigenvalue weighted by atomic mass is 9.84. The molecule has 5 heteroatoms. The second kappa shape index (κ2) is 6.93. The molecule has 0 unspecified atom stereocenters. The van der Waals surface area contributed by atoms with Crippen LogP contribution in [0.15, 0.2) is 28.9 Å². The number of esters is 1. The van der Waals surface area contributed by atoms with Crippen LogP contribution in [0.3, 0.4) is 0 Å². The lowest BCUT2D eigenvalue weighted by molar-refractivity contribution is -0.147. The van der Waals surface area contributed by atoms with Crippen molar-refractivity contribution in [2.45, 2.75) is 31.7 Å². The molecule has 0 saturated heterocycles. The van der Waals surface area contributed by atoms with Crippen LogP contribution in [-0.4, -0.2) is 25.0 Å². The van der Waals surface area contributed by atoms with Gasteiger partial charge in [-0.2, -0.15) is 0 Å². The molecule has 0 aromatic carbocycles. The minimum atomic E-state index is -0.245. The molecule has 1 aromatic rings. The van der Waals surface area contributed by atoms with Crippen LogP contribution in [0.1, 0.15) is 31.4 Å². The van der Waals surface area contributed by atoms with Gasteiger partial charge in [-0.05, 0) is 31.1 Å². The van der Waals surface area contributed by atoms with Crippen molar-refractivity contribution in [3.8, 4) is 0 Å². The molecule has 2 atom stereocenters. The molecule has 0 spiro atoms. The second-order valence-corrected chi connectivity index (χ2v) is 4.88. The van der Waals surface area contributed by atoms with Gasteiger partial charge in [-0.15, -0.1) is 0 Å². The van der Waals surface area contributed by atoms with Gasteiger partial charge in [0.15, 0.2) is 0 Å². The third-order valence-electron chi connectivity index (χ3n) is 3.54. The third-order valence-corrected chi connectivity index (χ3v) is 3.54. The van der Waals surface area contributed by atoms with E-state index in [-0.39, 0.29) is 23.8 Å². The Kier molecular flexibility index (Phi) is 4.98. The Labute approximate surface area is 118 Å². The first-order valence-corrected chi connectivity index (χ1v) is 6.80. The summed E-state index contributed by atoms with van der Waals surface area (Å²) in [5, 5.41) is 2.88. The van der Waals surface area contributed by atoms with Crippen LogP contribution in [0.2, 0.25) is 0 Å². The lowest BCUT2D eigenvalue weighted by Crippen LogP contribution is -2.44. The molecule has 0 aliphatic heterocycles. The van der Waals surface area contributed by atoms with Gasteiger partial charge in [0, 0.05) is 12.1 Å². The predicted molar refractivity (Wildman–Crippen MR) is 73.6 cm³/mol. The number of ether oxygens (including phenoxy) is 1. The highest BCUT2D eigenvalue weighted by Crippen LogP contribution is 2.25. The molecule has 20 heavy (non-hydrogen) atoms. The Morgan fingerprint density at radius 3 is 2.90 bits per heavy atom. The molecule has 1 N–H and O–H groups in total. The molecule has 0 bridgehead atoms. The lowest BCUT2D eigenvalue weighted by Gasteiger charge is -2.29. The SMILES string of the molecule is COC(=O)[C@@H]1CCCC[C@@H]1NC(=O)/C=C/c1ccco1. The molecular formula is C15H19NO4. The third kappa shape index (κ3) is 3.73. The summed E-state index contributed by atoms with van der Waals surface area (Å²) in [4.78, 5) is 23.6. The number of rotatable bonds is 4. The van der Waals surface area contributed by atoms with Crippen molar-refractivity contribution in [1.29, 1.82) is 0 Å². The second-order valence-electron chi connectivity index (χ2n) is 4.88. The molecule has 5 nitrogen and oxygen atoms in total. The summed E-state index contributed by atoms with van der Waals surface area (Å²) in [6.45, 7) is 0. The van der Waals surface area contributed by atoms with Crippen LogP contribution in [-0.2, 0) is 14.3 Å². The molecule has 1 saturated carbocycles. The van der Waals surface area contributed by atoms with E-state index in [0.717, 1.165) is 25.7 Å². The highest BCUT2D eigenvalue weighted by Gasteiger charge is 2.32. The molecule has 1 aliphatic carbocycles. The number of carbonyl (C=O) groups excluding carboxylic acids is 2. The van der Waals surface area contributed by atoms with Gasteiger partial charge < -0.3 is 14.5 Å². The average molecular weight is 277 g/mol. The van der Waals surface area contributed by atoms with Crippen molar-refractivity contribution in [1.82, 2.24) is 5.32 Å². The van der Waals surface area contributed by atoms with Crippen LogP contribution in [0.5, 0.6) is 0 Å². The van der Waals surface area contributed by atoms with E-state index in [1.807, 2.05) is 0 Å². The zero-order chi connectivity index (χ0) is 14.4. The summed E-state index contributed by atoms with van der Waals surface area (Å²) < 4.78 is 9.91. The molecular weight excluding hydrogens is 258 g/mol. The van der Waals surface area contributed by atoms with E-state index in [1.165, 1.54) is 13.2 Å². The van der Waals surface area contributed by atoms with Crippen molar-refractivity contribution in [2.24, 2.45) is 5.92 Å². The molecule has 108 valence electrons. The maximum Gasteiger partial charge on any atom is 0.310 e. The first kappa shape index (κ1) is 14.4. The highest BCUT2D eigenvalue weighted by atomic mass is 16.5. The topological polar surface area (TPSA) is 68.5 Å².